The second kappa shape index (κ2) is 8.49. The Hall–Kier alpha value is -2.62. The molecule has 2 aromatic rings. The third-order valence-corrected chi connectivity index (χ3v) is 7.64. The molecule has 164 valence electrons. The number of imide groups is 1. The zero-order valence-corrected chi connectivity index (χ0v) is 18.5. The van der Waals surface area contributed by atoms with Gasteiger partial charge in [-0.15, -0.1) is 0 Å². The number of carbonyl (C=O) groups excluding carboxylic acids is 2. The van der Waals surface area contributed by atoms with Crippen molar-refractivity contribution in [3.05, 3.63) is 47.5 Å². The summed E-state index contributed by atoms with van der Waals surface area (Å²) in [6.45, 7) is 1.57. The van der Waals surface area contributed by atoms with Crippen LogP contribution >= 0.6 is 11.6 Å². The van der Waals surface area contributed by atoms with Crippen LogP contribution in [-0.4, -0.2) is 57.8 Å². The van der Waals surface area contributed by atoms with Crippen molar-refractivity contribution < 1.29 is 22.7 Å². The molecule has 8 nitrogen and oxygen atoms in total. The van der Waals surface area contributed by atoms with Gasteiger partial charge in [-0.2, -0.15) is 4.31 Å². The Balaban J connectivity index is 1.59. The minimum Gasteiger partial charge on any atom is -0.495 e. The van der Waals surface area contributed by atoms with E-state index in [1.807, 2.05) is 18.2 Å². The topological polar surface area (TPSA) is 87.2 Å². The molecule has 10 heteroatoms. The molecule has 0 spiro atoms. The van der Waals surface area contributed by atoms with Crippen molar-refractivity contribution in [3.8, 4) is 5.75 Å². The minimum atomic E-state index is -3.90. The highest BCUT2D eigenvalue weighted by molar-refractivity contribution is 7.89. The molecule has 0 radical (unpaired) electrons. The van der Waals surface area contributed by atoms with Gasteiger partial charge in [-0.25, -0.2) is 8.42 Å². The average Bonchev–Trinajstić information content (AvgIpc) is 3.11. The molecule has 0 N–H and O–H groups in total. The van der Waals surface area contributed by atoms with Crippen molar-refractivity contribution in [2.24, 2.45) is 0 Å². The monoisotopic (exact) mass is 463 g/mol. The van der Waals surface area contributed by atoms with Gasteiger partial charge in [-0.3, -0.25) is 14.5 Å². The molecule has 2 aliphatic heterocycles. The standard InChI is InChI=1S/C21H22ClN3O5S/c1-30-18-6-5-17(25-20(26)7-8-21(25)27)14-19(18)31(28,29)24-11-9-23(10-12-24)16-4-2-3-15(22)13-16/h2-6,13-14H,7-12H2,1H3. The molecule has 31 heavy (non-hydrogen) atoms. The Morgan fingerprint density at radius 3 is 2.19 bits per heavy atom. The molecule has 0 saturated carbocycles. The molecule has 2 saturated heterocycles. The van der Waals surface area contributed by atoms with Crippen molar-refractivity contribution in [1.82, 2.24) is 4.31 Å². The van der Waals surface area contributed by atoms with Crippen LogP contribution in [0.2, 0.25) is 5.02 Å². The van der Waals surface area contributed by atoms with E-state index in [0.29, 0.717) is 18.1 Å². The number of benzene rings is 2. The highest BCUT2D eigenvalue weighted by Gasteiger charge is 2.34. The molecule has 2 aliphatic rings. The number of hydrogen-bond donors (Lipinski definition) is 0. The maximum absolute atomic E-state index is 13.4. The second-order valence-corrected chi connectivity index (χ2v) is 9.67. The SMILES string of the molecule is COc1ccc(N2C(=O)CCC2=O)cc1S(=O)(=O)N1CCN(c2cccc(Cl)c2)CC1. The van der Waals surface area contributed by atoms with Gasteiger partial charge < -0.3 is 9.64 Å². The highest BCUT2D eigenvalue weighted by Crippen LogP contribution is 2.33. The number of rotatable bonds is 5. The second-order valence-electron chi connectivity index (χ2n) is 7.33. The summed E-state index contributed by atoms with van der Waals surface area (Å²) in [4.78, 5) is 27.2. The molecule has 2 amide bonds. The van der Waals surface area contributed by atoms with Crippen LogP contribution in [0.3, 0.4) is 0 Å². The normalized spacial score (nSPS) is 18.0. The van der Waals surface area contributed by atoms with Gasteiger partial charge in [0.25, 0.3) is 0 Å². The molecule has 0 aliphatic carbocycles. The molecule has 0 bridgehead atoms. The van der Waals surface area contributed by atoms with E-state index in [1.165, 1.54) is 29.6 Å². The summed E-state index contributed by atoms with van der Waals surface area (Å²) in [6, 6.07) is 11.8. The van der Waals surface area contributed by atoms with E-state index in [4.69, 9.17) is 16.3 Å². The lowest BCUT2D eigenvalue weighted by atomic mass is 10.2. The van der Waals surface area contributed by atoms with Crippen molar-refractivity contribution >= 4 is 44.8 Å². The zero-order valence-electron chi connectivity index (χ0n) is 17.0. The first-order valence-electron chi connectivity index (χ1n) is 9.86. The first-order valence-corrected chi connectivity index (χ1v) is 11.7. The van der Waals surface area contributed by atoms with Crippen LogP contribution in [0.4, 0.5) is 11.4 Å². The lowest BCUT2D eigenvalue weighted by Crippen LogP contribution is -2.48. The predicted molar refractivity (Wildman–Crippen MR) is 117 cm³/mol. The lowest BCUT2D eigenvalue weighted by Gasteiger charge is -2.35. The predicted octanol–water partition coefficient (Wildman–Crippen LogP) is 2.51. The maximum atomic E-state index is 13.4. The van der Waals surface area contributed by atoms with Crippen LogP contribution in [0.1, 0.15) is 12.8 Å². The maximum Gasteiger partial charge on any atom is 0.246 e. The molecular weight excluding hydrogens is 442 g/mol. The summed E-state index contributed by atoms with van der Waals surface area (Å²) in [5.74, 6) is -0.512. The fourth-order valence-corrected chi connectivity index (χ4v) is 5.65. The van der Waals surface area contributed by atoms with Crippen LogP contribution in [-0.2, 0) is 19.6 Å². The largest absolute Gasteiger partial charge is 0.495 e. The Morgan fingerprint density at radius 2 is 1.58 bits per heavy atom. The van der Waals surface area contributed by atoms with Crippen molar-refractivity contribution in [2.75, 3.05) is 43.1 Å². The quantitative estimate of drug-likeness (QED) is 0.633. The number of piperazine rings is 1. The van der Waals surface area contributed by atoms with Gasteiger partial charge >= 0.3 is 0 Å². The Morgan fingerprint density at radius 1 is 0.903 bits per heavy atom. The summed E-state index contributed by atoms with van der Waals surface area (Å²) < 4.78 is 33.5. The number of methoxy groups -OCH3 is 1. The number of carbonyl (C=O) groups is 2. The number of hydrogen-bond acceptors (Lipinski definition) is 6. The van der Waals surface area contributed by atoms with Crippen LogP contribution in [0.15, 0.2) is 47.4 Å². The number of halogens is 1. The van der Waals surface area contributed by atoms with Gasteiger partial charge in [0.15, 0.2) is 0 Å². The molecule has 0 unspecified atom stereocenters. The van der Waals surface area contributed by atoms with Gasteiger partial charge in [0.1, 0.15) is 10.6 Å². The van der Waals surface area contributed by atoms with E-state index in [0.717, 1.165) is 10.6 Å². The average molecular weight is 464 g/mol. The number of nitrogens with zero attached hydrogens (tertiary/aromatic N) is 3. The zero-order chi connectivity index (χ0) is 22.2. The molecule has 0 aromatic heterocycles. The van der Waals surface area contributed by atoms with E-state index in [-0.39, 0.29) is 54.1 Å². The minimum absolute atomic E-state index is 0.0591. The van der Waals surface area contributed by atoms with Crippen LogP contribution in [0.5, 0.6) is 5.75 Å². The summed E-state index contributed by atoms with van der Waals surface area (Å²) in [5, 5.41) is 0.625. The number of ether oxygens (including phenoxy) is 1. The molecule has 2 aromatic carbocycles. The first kappa shape index (κ1) is 21.6. The Bertz CT molecular complexity index is 1110. The smallest absolute Gasteiger partial charge is 0.246 e. The summed E-state index contributed by atoms with van der Waals surface area (Å²) in [7, 11) is -2.51. The molecule has 2 fully saturated rings. The number of anilines is 2. The molecule has 0 atom stereocenters. The third-order valence-electron chi connectivity index (χ3n) is 5.49. The van der Waals surface area contributed by atoms with Crippen LogP contribution in [0, 0.1) is 0 Å². The first-order chi connectivity index (χ1) is 14.8. The van der Waals surface area contributed by atoms with E-state index in [1.54, 1.807) is 6.07 Å². The molecule has 4 rings (SSSR count). The Labute approximate surface area is 186 Å². The number of amides is 2. The van der Waals surface area contributed by atoms with Gasteiger partial charge in [0, 0.05) is 49.7 Å². The summed E-state index contributed by atoms with van der Waals surface area (Å²) in [5.41, 5.74) is 1.18. The fraction of sp³-hybridized carbons (Fsp3) is 0.333. The fourth-order valence-electron chi connectivity index (χ4n) is 3.87. The van der Waals surface area contributed by atoms with Gasteiger partial charge in [0.2, 0.25) is 21.8 Å². The summed E-state index contributed by atoms with van der Waals surface area (Å²) in [6.07, 6.45) is 0.247. The molecule has 2 heterocycles. The van der Waals surface area contributed by atoms with Gasteiger partial charge in [-0.1, -0.05) is 17.7 Å². The van der Waals surface area contributed by atoms with Crippen molar-refractivity contribution in [2.45, 2.75) is 17.7 Å². The number of sulfonamides is 1. The van der Waals surface area contributed by atoms with Crippen LogP contribution in [0.25, 0.3) is 0 Å². The summed E-state index contributed by atoms with van der Waals surface area (Å²) >= 11 is 6.07. The van der Waals surface area contributed by atoms with E-state index >= 15 is 0 Å². The van der Waals surface area contributed by atoms with Gasteiger partial charge in [-0.05, 0) is 36.4 Å². The van der Waals surface area contributed by atoms with E-state index < -0.39 is 10.0 Å². The van der Waals surface area contributed by atoms with Crippen molar-refractivity contribution in [3.63, 3.8) is 0 Å². The third kappa shape index (κ3) is 4.13. The molecular formula is C21H22ClN3O5S. The Kier molecular flexibility index (Phi) is 5.92. The van der Waals surface area contributed by atoms with E-state index in [9.17, 15) is 18.0 Å². The van der Waals surface area contributed by atoms with E-state index in [2.05, 4.69) is 4.90 Å². The lowest BCUT2D eigenvalue weighted by molar-refractivity contribution is -0.121. The highest BCUT2D eigenvalue weighted by atomic mass is 35.5. The van der Waals surface area contributed by atoms with Crippen molar-refractivity contribution in [1.29, 1.82) is 0 Å². The van der Waals surface area contributed by atoms with Crippen LogP contribution < -0.4 is 14.5 Å². The van der Waals surface area contributed by atoms with Gasteiger partial charge in [0.05, 0.1) is 12.8 Å².